The molecular weight excluding hydrogens is 188 g/mol. The van der Waals surface area contributed by atoms with Crippen molar-refractivity contribution in [3.05, 3.63) is 35.9 Å². The Labute approximate surface area is 91.3 Å². The van der Waals surface area contributed by atoms with E-state index in [2.05, 4.69) is 0 Å². The van der Waals surface area contributed by atoms with Crippen LogP contribution in [0.15, 0.2) is 30.3 Å². The predicted octanol–water partition coefficient (Wildman–Crippen LogP) is 2.99. The summed E-state index contributed by atoms with van der Waals surface area (Å²) in [5.74, 6) is 0.160. The molecule has 1 aromatic rings. The number of ether oxygens (including phenoxy) is 1. The first-order chi connectivity index (χ1) is 7.20. The maximum atomic E-state index is 11.6. The molecule has 0 aliphatic heterocycles. The summed E-state index contributed by atoms with van der Waals surface area (Å²) in [7, 11) is 1.65. The minimum atomic E-state index is -0.126. The smallest absolute Gasteiger partial charge is 0.138 e. The van der Waals surface area contributed by atoms with Crippen LogP contribution in [0.25, 0.3) is 0 Å². The average molecular weight is 206 g/mol. The highest BCUT2D eigenvalue weighted by Gasteiger charge is 2.23. The van der Waals surface area contributed by atoms with E-state index in [0.717, 1.165) is 5.56 Å². The standard InChI is InChI=1S/C13H18O2/c1-4-12(14)10(2)13(15-3)11-8-6-5-7-9-11/h5-10,13H,4H2,1-3H3/t10-,13+/m0/s1. The maximum Gasteiger partial charge on any atom is 0.138 e. The Kier molecular flexibility index (Phi) is 4.50. The number of carbonyl (C=O) groups excluding carboxylic acids is 1. The molecule has 1 rings (SSSR count). The first kappa shape index (κ1) is 11.9. The molecule has 0 aliphatic rings. The largest absolute Gasteiger partial charge is 0.376 e. The minimum absolute atomic E-state index is 0.0811. The molecule has 2 atom stereocenters. The van der Waals surface area contributed by atoms with Crippen LogP contribution in [-0.4, -0.2) is 12.9 Å². The molecule has 0 bridgehead atoms. The van der Waals surface area contributed by atoms with E-state index in [4.69, 9.17) is 4.74 Å². The molecule has 2 heteroatoms. The molecule has 0 radical (unpaired) electrons. The van der Waals surface area contributed by atoms with Gasteiger partial charge in [-0.05, 0) is 5.56 Å². The summed E-state index contributed by atoms with van der Waals surface area (Å²) < 4.78 is 5.40. The van der Waals surface area contributed by atoms with E-state index in [1.165, 1.54) is 0 Å². The molecule has 0 spiro atoms. The van der Waals surface area contributed by atoms with Gasteiger partial charge in [-0.25, -0.2) is 0 Å². The number of ketones is 1. The highest BCUT2D eigenvalue weighted by molar-refractivity contribution is 5.81. The average Bonchev–Trinajstić information content (AvgIpc) is 2.30. The number of hydrogen-bond donors (Lipinski definition) is 0. The molecule has 1 aromatic carbocycles. The van der Waals surface area contributed by atoms with E-state index in [0.29, 0.717) is 6.42 Å². The fourth-order valence-electron chi connectivity index (χ4n) is 1.76. The van der Waals surface area contributed by atoms with Gasteiger partial charge in [0, 0.05) is 19.4 Å². The molecule has 15 heavy (non-hydrogen) atoms. The van der Waals surface area contributed by atoms with E-state index in [9.17, 15) is 4.79 Å². The van der Waals surface area contributed by atoms with Crippen molar-refractivity contribution < 1.29 is 9.53 Å². The summed E-state index contributed by atoms with van der Waals surface area (Å²) in [4.78, 5) is 11.6. The van der Waals surface area contributed by atoms with Gasteiger partial charge in [-0.15, -0.1) is 0 Å². The fourth-order valence-corrected chi connectivity index (χ4v) is 1.76. The number of Topliss-reactive ketones (excluding diaryl/α,β-unsaturated/α-hetero) is 1. The van der Waals surface area contributed by atoms with E-state index >= 15 is 0 Å². The molecule has 0 fully saturated rings. The summed E-state index contributed by atoms with van der Waals surface area (Å²) in [6, 6.07) is 9.87. The van der Waals surface area contributed by atoms with Gasteiger partial charge in [0.1, 0.15) is 5.78 Å². The third kappa shape index (κ3) is 2.90. The number of hydrogen-bond acceptors (Lipinski definition) is 2. The molecular formula is C13H18O2. The molecule has 0 saturated carbocycles. The van der Waals surface area contributed by atoms with Crippen molar-refractivity contribution >= 4 is 5.78 Å². The second kappa shape index (κ2) is 5.66. The van der Waals surface area contributed by atoms with Crippen LogP contribution in [0.5, 0.6) is 0 Å². The molecule has 0 N–H and O–H groups in total. The van der Waals surface area contributed by atoms with Crippen molar-refractivity contribution in [1.29, 1.82) is 0 Å². The Morgan fingerprint density at radius 2 is 1.93 bits per heavy atom. The SMILES string of the molecule is CCC(=O)[C@H](C)[C@@H](OC)c1ccccc1. The van der Waals surface area contributed by atoms with E-state index in [1.54, 1.807) is 7.11 Å². The van der Waals surface area contributed by atoms with Gasteiger partial charge >= 0.3 is 0 Å². The Bertz CT molecular complexity index is 306. The third-order valence-electron chi connectivity index (χ3n) is 2.69. The van der Waals surface area contributed by atoms with Crippen LogP contribution >= 0.6 is 0 Å². The Balaban J connectivity index is 2.85. The minimum Gasteiger partial charge on any atom is -0.376 e. The van der Waals surface area contributed by atoms with Crippen molar-refractivity contribution in [1.82, 2.24) is 0 Å². The van der Waals surface area contributed by atoms with E-state index in [1.807, 2.05) is 44.2 Å². The van der Waals surface area contributed by atoms with Gasteiger partial charge in [-0.2, -0.15) is 0 Å². The summed E-state index contributed by atoms with van der Waals surface area (Å²) in [5, 5.41) is 0. The second-order valence-electron chi connectivity index (χ2n) is 3.68. The zero-order valence-corrected chi connectivity index (χ0v) is 9.57. The number of rotatable bonds is 5. The fraction of sp³-hybridized carbons (Fsp3) is 0.462. The highest BCUT2D eigenvalue weighted by atomic mass is 16.5. The van der Waals surface area contributed by atoms with E-state index < -0.39 is 0 Å². The maximum absolute atomic E-state index is 11.6. The van der Waals surface area contributed by atoms with Gasteiger partial charge in [-0.3, -0.25) is 4.79 Å². The van der Waals surface area contributed by atoms with Crippen molar-refractivity contribution in [2.24, 2.45) is 5.92 Å². The predicted molar refractivity (Wildman–Crippen MR) is 60.7 cm³/mol. The number of carbonyl (C=O) groups is 1. The van der Waals surface area contributed by atoms with Crippen LogP contribution in [0.4, 0.5) is 0 Å². The van der Waals surface area contributed by atoms with Crippen LogP contribution in [0.2, 0.25) is 0 Å². The molecule has 0 unspecified atom stereocenters. The first-order valence-corrected chi connectivity index (χ1v) is 5.31. The highest BCUT2D eigenvalue weighted by Crippen LogP contribution is 2.26. The van der Waals surface area contributed by atoms with Crippen LogP contribution in [0, 0.1) is 5.92 Å². The van der Waals surface area contributed by atoms with Gasteiger partial charge in [-0.1, -0.05) is 44.2 Å². The van der Waals surface area contributed by atoms with Crippen LogP contribution in [0.1, 0.15) is 31.9 Å². The Morgan fingerprint density at radius 1 is 1.33 bits per heavy atom. The summed E-state index contributed by atoms with van der Waals surface area (Å²) in [5.41, 5.74) is 1.06. The molecule has 2 nitrogen and oxygen atoms in total. The lowest BCUT2D eigenvalue weighted by Crippen LogP contribution is -2.20. The van der Waals surface area contributed by atoms with Gasteiger partial charge in [0.05, 0.1) is 6.10 Å². The molecule has 0 amide bonds. The normalized spacial score (nSPS) is 14.6. The summed E-state index contributed by atoms with van der Waals surface area (Å²) in [6.07, 6.45) is 0.437. The van der Waals surface area contributed by atoms with Gasteiger partial charge in [0.2, 0.25) is 0 Å². The van der Waals surface area contributed by atoms with E-state index in [-0.39, 0.29) is 17.8 Å². The lowest BCUT2D eigenvalue weighted by molar-refractivity contribution is -0.126. The van der Waals surface area contributed by atoms with Gasteiger partial charge in [0.15, 0.2) is 0 Å². The van der Waals surface area contributed by atoms with Crippen LogP contribution in [0.3, 0.4) is 0 Å². The zero-order chi connectivity index (χ0) is 11.3. The molecule has 82 valence electrons. The van der Waals surface area contributed by atoms with Crippen LogP contribution in [-0.2, 0) is 9.53 Å². The monoisotopic (exact) mass is 206 g/mol. The lowest BCUT2D eigenvalue weighted by Gasteiger charge is -2.21. The molecule has 0 heterocycles. The topological polar surface area (TPSA) is 26.3 Å². The van der Waals surface area contributed by atoms with Gasteiger partial charge < -0.3 is 4.74 Å². The van der Waals surface area contributed by atoms with Crippen molar-refractivity contribution in [3.8, 4) is 0 Å². The third-order valence-corrected chi connectivity index (χ3v) is 2.69. The van der Waals surface area contributed by atoms with Gasteiger partial charge in [0.25, 0.3) is 0 Å². The molecule has 0 aliphatic carbocycles. The lowest BCUT2D eigenvalue weighted by atomic mass is 9.92. The Morgan fingerprint density at radius 3 is 2.40 bits per heavy atom. The summed E-state index contributed by atoms with van der Waals surface area (Å²) >= 11 is 0. The number of methoxy groups -OCH3 is 1. The quantitative estimate of drug-likeness (QED) is 0.740. The van der Waals surface area contributed by atoms with Crippen molar-refractivity contribution in [2.45, 2.75) is 26.4 Å². The molecule has 0 aromatic heterocycles. The zero-order valence-electron chi connectivity index (χ0n) is 9.57. The Hall–Kier alpha value is -1.15. The number of benzene rings is 1. The second-order valence-corrected chi connectivity index (χ2v) is 3.68. The summed E-state index contributed by atoms with van der Waals surface area (Å²) in [6.45, 7) is 3.81. The van der Waals surface area contributed by atoms with Crippen molar-refractivity contribution in [2.75, 3.05) is 7.11 Å². The van der Waals surface area contributed by atoms with Crippen LogP contribution < -0.4 is 0 Å². The first-order valence-electron chi connectivity index (χ1n) is 5.31. The molecule has 0 saturated heterocycles. The van der Waals surface area contributed by atoms with Crippen molar-refractivity contribution in [3.63, 3.8) is 0 Å².